The highest BCUT2D eigenvalue weighted by Gasteiger charge is 2.14. The number of carbonyl (C=O) groups excluding carboxylic acids is 1. The lowest BCUT2D eigenvalue weighted by atomic mass is 9.96. The van der Waals surface area contributed by atoms with Crippen LogP contribution in [0.3, 0.4) is 0 Å². The minimum atomic E-state index is -0.0767. The molecule has 4 heteroatoms. The lowest BCUT2D eigenvalue weighted by molar-refractivity contribution is -0.121. The monoisotopic (exact) mass is 223 g/mol. The predicted octanol–water partition coefficient (Wildman–Crippen LogP) is 1.73. The average molecular weight is 223 g/mol. The zero-order chi connectivity index (χ0) is 12.1. The quantitative estimate of drug-likeness (QED) is 0.728. The molecule has 0 heterocycles. The van der Waals surface area contributed by atoms with Crippen LogP contribution >= 0.6 is 0 Å². The third-order valence-corrected chi connectivity index (χ3v) is 2.41. The molecule has 3 N–H and O–H groups in total. The lowest BCUT2D eigenvalue weighted by Gasteiger charge is -2.13. The van der Waals surface area contributed by atoms with Crippen LogP contribution in [0, 0.1) is 0 Å². The Kier molecular flexibility index (Phi) is 4.17. The van der Waals surface area contributed by atoms with Gasteiger partial charge in [-0.3, -0.25) is 4.79 Å². The van der Waals surface area contributed by atoms with Crippen LogP contribution in [0.25, 0.3) is 0 Å². The van der Waals surface area contributed by atoms with Gasteiger partial charge in [0.15, 0.2) is 0 Å². The van der Waals surface area contributed by atoms with Crippen molar-refractivity contribution in [3.63, 3.8) is 0 Å². The summed E-state index contributed by atoms with van der Waals surface area (Å²) in [7, 11) is 0. The Morgan fingerprint density at radius 2 is 2.12 bits per heavy atom. The van der Waals surface area contributed by atoms with E-state index in [4.69, 9.17) is 5.11 Å². The number of nitrogens with one attached hydrogen (secondary N) is 1. The SMILES string of the molecule is CCNC(=O)CC(C)c1ccc(O)cc1O. The molecule has 0 saturated heterocycles. The zero-order valence-corrected chi connectivity index (χ0v) is 9.53. The molecule has 16 heavy (non-hydrogen) atoms. The summed E-state index contributed by atoms with van der Waals surface area (Å²) in [5.41, 5.74) is 0.670. The van der Waals surface area contributed by atoms with E-state index in [0.29, 0.717) is 18.5 Å². The second kappa shape index (κ2) is 5.39. The van der Waals surface area contributed by atoms with Crippen molar-refractivity contribution in [1.29, 1.82) is 0 Å². The molecule has 1 rings (SSSR count). The molecule has 1 aromatic carbocycles. The van der Waals surface area contributed by atoms with Crippen molar-refractivity contribution < 1.29 is 15.0 Å². The zero-order valence-electron chi connectivity index (χ0n) is 9.53. The first-order valence-corrected chi connectivity index (χ1v) is 5.33. The van der Waals surface area contributed by atoms with Crippen LogP contribution in [-0.2, 0) is 4.79 Å². The maximum absolute atomic E-state index is 11.4. The van der Waals surface area contributed by atoms with Gasteiger partial charge in [0.1, 0.15) is 11.5 Å². The fraction of sp³-hybridized carbons (Fsp3) is 0.417. The van der Waals surface area contributed by atoms with Crippen molar-refractivity contribution in [2.75, 3.05) is 6.54 Å². The first-order valence-electron chi connectivity index (χ1n) is 5.33. The van der Waals surface area contributed by atoms with Crippen LogP contribution in [0.15, 0.2) is 18.2 Å². The summed E-state index contributed by atoms with van der Waals surface area (Å²) in [5, 5.41) is 21.5. The number of phenols is 2. The second-order valence-corrected chi connectivity index (χ2v) is 3.80. The molecule has 0 aromatic heterocycles. The Bertz CT molecular complexity index is 377. The van der Waals surface area contributed by atoms with Gasteiger partial charge >= 0.3 is 0 Å². The van der Waals surface area contributed by atoms with Gasteiger partial charge < -0.3 is 15.5 Å². The number of hydrogen-bond acceptors (Lipinski definition) is 3. The van der Waals surface area contributed by atoms with Gasteiger partial charge in [-0.15, -0.1) is 0 Å². The van der Waals surface area contributed by atoms with E-state index in [2.05, 4.69) is 5.32 Å². The summed E-state index contributed by atoms with van der Waals surface area (Å²) in [6.45, 7) is 4.33. The summed E-state index contributed by atoms with van der Waals surface area (Å²) in [6, 6.07) is 4.42. The number of carbonyl (C=O) groups is 1. The van der Waals surface area contributed by atoms with Crippen LogP contribution < -0.4 is 5.32 Å². The van der Waals surface area contributed by atoms with Crippen molar-refractivity contribution in [2.24, 2.45) is 0 Å². The molecule has 0 bridgehead atoms. The number of rotatable bonds is 4. The minimum absolute atomic E-state index is 0.0199. The van der Waals surface area contributed by atoms with Crippen molar-refractivity contribution in [3.8, 4) is 11.5 Å². The maximum atomic E-state index is 11.4. The molecule has 0 spiro atoms. The number of aromatic hydroxyl groups is 2. The molecule has 0 radical (unpaired) electrons. The van der Waals surface area contributed by atoms with Crippen LogP contribution in [0.2, 0.25) is 0 Å². The Balaban J connectivity index is 2.72. The molecule has 0 fully saturated rings. The van der Waals surface area contributed by atoms with Crippen molar-refractivity contribution in [1.82, 2.24) is 5.32 Å². The van der Waals surface area contributed by atoms with Crippen molar-refractivity contribution >= 4 is 5.91 Å². The van der Waals surface area contributed by atoms with Crippen LogP contribution in [-0.4, -0.2) is 22.7 Å². The van der Waals surface area contributed by atoms with E-state index in [0.717, 1.165) is 0 Å². The summed E-state index contributed by atoms with van der Waals surface area (Å²) in [4.78, 5) is 11.4. The smallest absolute Gasteiger partial charge is 0.220 e. The van der Waals surface area contributed by atoms with Crippen molar-refractivity contribution in [3.05, 3.63) is 23.8 Å². The van der Waals surface area contributed by atoms with Gasteiger partial charge in [0.05, 0.1) is 0 Å². The summed E-state index contributed by atoms with van der Waals surface area (Å²) >= 11 is 0. The van der Waals surface area contributed by atoms with Gasteiger partial charge in [0, 0.05) is 19.0 Å². The predicted molar refractivity (Wildman–Crippen MR) is 61.5 cm³/mol. The third-order valence-electron chi connectivity index (χ3n) is 2.41. The van der Waals surface area contributed by atoms with E-state index in [9.17, 15) is 9.90 Å². The molecule has 1 amide bonds. The maximum Gasteiger partial charge on any atom is 0.220 e. The fourth-order valence-corrected chi connectivity index (χ4v) is 1.61. The van der Waals surface area contributed by atoms with Crippen LogP contribution in [0.1, 0.15) is 31.7 Å². The second-order valence-electron chi connectivity index (χ2n) is 3.80. The van der Waals surface area contributed by atoms with Gasteiger partial charge in [0.25, 0.3) is 0 Å². The molecular formula is C12H17NO3. The molecule has 0 aliphatic carbocycles. The first kappa shape index (κ1) is 12.4. The molecular weight excluding hydrogens is 206 g/mol. The van der Waals surface area contributed by atoms with E-state index in [1.807, 2.05) is 13.8 Å². The number of hydrogen-bond donors (Lipinski definition) is 3. The Morgan fingerprint density at radius 1 is 1.44 bits per heavy atom. The van der Waals surface area contributed by atoms with Gasteiger partial charge in [0.2, 0.25) is 5.91 Å². The van der Waals surface area contributed by atoms with E-state index >= 15 is 0 Å². The highest BCUT2D eigenvalue weighted by atomic mass is 16.3. The van der Waals surface area contributed by atoms with E-state index in [-0.39, 0.29) is 23.3 Å². The van der Waals surface area contributed by atoms with Gasteiger partial charge in [-0.1, -0.05) is 13.0 Å². The van der Waals surface area contributed by atoms with Crippen LogP contribution in [0.4, 0.5) is 0 Å². The first-order chi connectivity index (χ1) is 7.54. The molecule has 1 atom stereocenters. The number of benzene rings is 1. The molecule has 4 nitrogen and oxygen atoms in total. The Hall–Kier alpha value is -1.71. The van der Waals surface area contributed by atoms with Gasteiger partial charge in [-0.25, -0.2) is 0 Å². The number of phenolic OH excluding ortho intramolecular Hbond substituents is 2. The molecule has 0 saturated carbocycles. The fourth-order valence-electron chi connectivity index (χ4n) is 1.61. The number of amides is 1. The standard InChI is InChI=1S/C12H17NO3/c1-3-13-12(16)6-8(2)10-5-4-9(14)7-11(10)15/h4-5,7-8,14-15H,3,6H2,1-2H3,(H,13,16). The molecule has 1 aromatic rings. The Morgan fingerprint density at radius 3 is 2.69 bits per heavy atom. The summed E-state index contributed by atoms with van der Waals surface area (Å²) < 4.78 is 0. The minimum Gasteiger partial charge on any atom is -0.508 e. The van der Waals surface area contributed by atoms with E-state index in [1.54, 1.807) is 6.07 Å². The summed E-state index contributed by atoms with van der Waals surface area (Å²) in [5.74, 6) is -0.0714. The van der Waals surface area contributed by atoms with E-state index in [1.165, 1.54) is 12.1 Å². The van der Waals surface area contributed by atoms with Crippen LogP contribution in [0.5, 0.6) is 11.5 Å². The van der Waals surface area contributed by atoms with Gasteiger partial charge in [-0.05, 0) is 24.5 Å². The molecule has 1 unspecified atom stereocenters. The lowest BCUT2D eigenvalue weighted by Crippen LogP contribution is -2.23. The molecule has 88 valence electrons. The average Bonchev–Trinajstić information content (AvgIpc) is 2.17. The van der Waals surface area contributed by atoms with E-state index < -0.39 is 0 Å². The highest BCUT2D eigenvalue weighted by molar-refractivity contribution is 5.76. The third kappa shape index (κ3) is 3.15. The topological polar surface area (TPSA) is 69.6 Å². The molecule has 0 aliphatic rings. The van der Waals surface area contributed by atoms with Gasteiger partial charge in [-0.2, -0.15) is 0 Å². The largest absolute Gasteiger partial charge is 0.508 e. The van der Waals surface area contributed by atoms with Crippen molar-refractivity contribution in [2.45, 2.75) is 26.2 Å². The Labute approximate surface area is 94.9 Å². The molecule has 0 aliphatic heterocycles. The normalized spacial score (nSPS) is 12.1. The highest BCUT2D eigenvalue weighted by Crippen LogP contribution is 2.30. The summed E-state index contributed by atoms with van der Waals surface area (Å²) in [6.07, 6.45) is 0.326.